The Labute approximate surface area is 101 Å². The SMILES string of the molecule is COC(=O)CC(C)NC(=O)CC1CNCCO1. The van der Waals surface area contributed by atoms with Gasteiger partial charge in [-0.25, -0.2) is 0 Å². The van der Waals surface area contributed by atoms with E-state index in [1.807, 2.05) is 0 Å². The predicted molar refractivity (Wildman–Crippen MR) is 61.5 cm³/mol. The molecule has 0 aliphatic carbocycles. The number of morpholine rings is 1. The van der Waals surface area contributed by atoms with E-state index in [9.17, 15) is 9.59 Å². The predicted octanol–water partition coefficient (Wildman–Crippen LogP) is -0.567. The summed E-state index contributed by atoms with van der Waals surface area (Å²) in [5, 5.41) is 5.90. The molecule has 0 radical (unpaired) electrons. The average Bonchev–Trinajstić information content (AvgIpc) is 2.29. The molecule has 0 aromatic heterocycles. The molecule has 1 saturated heterocycles. The summed E-state index contributed by atoms with van der Waals surface area (Å²) < 4.78 is 9.94. The molecule has 1 amide bonds. The number of methoxy groups -OCH3 is 1. The Bertz CT molecular complexity index is 264. The summed E-state index contributed by atoms with van der Waals surface area (Å²) in [7, 11) is 1.33. The first-order valence-corrected chi connectivity index (χ1v) is 5.80. The third kappa shape index (κ3) is 5.65. The van der Waals surface area contributed by atoms with Crippen LogP contribution in [0.15, 0.2) is 0 Å². The van der Waals surface area contributed by atoms with Crippen LogP contribution in [0.4, 0.5) is 0 Å². The highest BCUT2D eigenvalue weighted by atomic mass is 16.5. The van der Waals surface area contributed by atoms with E-state index in [4.69, 9.17) is 4.74 Å². The molecule has 2 unspecified atom stereocenters. The van der Waals surface area contributed by atoms with Crippen molar-refractivity contribution in [3.8, 4) is 0 Å². The molecule has 2 atom stereocenters. The average molecular weight is 244 g/mol. The van der Waals surface area contributed by atoms with Gasteiger partial charge >= 0.3 is 5.97 Å². The molecule has 1 heterocycles. The van der Waals surface area contributed by atoms with Crippen LogP contribution in [0.1, 0.15) is 19.8 Å². The summed E-state index contributed by atoms with van der Waals surface area (Å²) in [6.07, 6.45) is 0.430. The number of amides is 1. The van der Waals surface area contributed by atoms with Gasteiger partial charge in [-0.3, -0.25) is 9.59 Å². The molecular formula is C11H20N2O4. The van der Waals surface area contributed by atoms with Crippen LogP contribution in [-0.2, 0) is 19.1 Å². The Balaban J connectivity index is 2.21. The Morgan fingerprint density at radius 3 is 2.94 bits per heavy atom. The minimum Gasteiger partial charge on any atom is -0.469 e. The van der Waals surface area contributed by atoms with Gasteiger partial charge in [0.1, 0.15) is 0 Å². The van der Waals surface area contributed by atoms with Crippen LogP contribution >= 0.6 is 0 Å². The van der Waals surface area contributed by atoms with Crippen molar-refractivity contribution >= 4 is 11.9 Å². The number of ether oxygens (including phenoxy) is 2. The van der Waals surface area contributed by atoms with Crippen molar-refractivity contribution in [2.24, 2.45) is 0 Å². The van der Waals surface area contributed by atoms with Crippen LogP contribution < -0.4 is 10.6 Å². The summed E-state index contributed by atoms with van der Waals surface area (Å²) in [5.74, 6) is -0.427. The van der Waals surface area contributed by atoms with Crippen molar-refractivity contribution in [2.75, 3.05) is 26.8 Å². The number of nitrogens with one attached hydrogen (secondary N) is 2. The molecule has 0 spiro atoms. The van der Waals surface area contributed by atoms with Crippen LogP contribution in [0.2, 0.25) is 0 Å². The Hall–Kier alpha value is -1.14. The van der Waals surface area contributed by atoms with Gasteiger partial charge < -0.3 is 20.1 Å². The molecule has 6 nitrogen and oxygen atoms in total. The first-order chi connectivity index (χ1) is 8.11. The van der Waals surface area contributed by atoms with Crippen molar-refractivity contribution in [3.05, 3.63) is 0 Å². The zero-order valence-electron chi connectivity index (χ0n) is 10.3. The van der Waals surface area contributed by atoms with Gasteiger partial charge in [-0.05, 0) is 6.92 Å². The smallest absolute Gasteiger partial charge is 0.307 e. The van der Waals surface area contributed by atoms with Gasteiger partial charge in [0, 0.05) is 19.1 Å². The summed E-state index contributed by atoms with van der Waals surface area (Å²) in [6.45, 7) is 3.93. The largest absolute Gasteiger partial charge is 0.469 e. The first-order valence-electron chi connectivity index (χ1n) is 5.80. The lowest BCUT2D eigenvalue weighted by Gasteiger charge is -2.23. The highest BCUT2D eigenvalue weighted by Gasteiger charge is 2.19. The molecule has 0 bridgehead atoms. The maximum Gasteiger partial charge on any atom is 0.307 e. The van der Waals surface area contributed by atoms with Gasteiger partial charge in [-0.1, -0.05) is 0 Å². The number of carbonyl (C=O) groups excluding carboxylic acids is 2. The second-order valence-electron chi connectivity index (χ2n) is 4.15. The fourth-order valence-corrected chi connectivity index (χ4v) is 1.68. The van der Waals surface area contributed by atoms with Crippen molar-refractivity contribution in [1.82, 2.24) is 10.6 Å². The fourth-order valence-electron chi connectivity index (χ4n) is 1.68. The standard InChI is InChI=1S/C11H20N2O4/c1-8(5-11(15)16-2)13-10(14)6-9-7-12-3-4-17-9/h8-9,12H,3-7H2,1-2H3,(H,13,14). The second kappa shape index (κ2) is 7.24. The highest BCUT2D eigenvalue weighted by molar-refractivity contribution is 5.78. The van der Waals surface area contributed by atoms with Crippen LogP contribution in [0.3, 0.4) is 0 Å². The first kappa shape index (κ1) is 13.9. The summed E-state index contributed by atoms with van der Waals surface area (Å²) in [5.41, 5.74) is 0. The molecule has 1 rings (SSSR count). The van der Waals surface area contributed by atoms with Gasteiger partial charge in [0.2, 0.25) is 5.91 Å². The summed E-state index contributed by atoms with van der Waals surface area (Å²) in [4.78, 5) is 22.6. The second-order valence-corrected chi connectivity index (χ2v) is 4.15. The zero-order valence-corrected chi connectivity index (χ0v) is 10.3. The minimum atomic E-state index is -0.326. The molecule has 1 aliphatic rings. The molecule has 98 valence electrons. The van der Waals surface area contributed by atoms with E-state index in [1.54, 1.807) is 6.92 Å². The molecule has 0 aromatic carbocycles. The van der Waals surface area contributed by atoms with Crippen LogP contribution in [-0.4, -0.2) is 50.8 Å². The maximum absolute atomic E-state index is 11.6. The number of rotatable bonds is 5. The van der Waals surface area contributed by atoms with E-state index in [0.717, 1.165) is 6.54 Å². The lowest BCUT2D eigenvalue weighted by Crippen LogP contribution is -2.43. The fraction of sp³-hybridized carbons (Fsp3) is 0.818. The minimum absolute atomic E-state index is 0.0749. The quantitative estimate of drug-likeness (QED) is 0.634. The lowest BCUT2D eigenvalue weighted by atomic mass is 10.2. The van der Waals surface area contributed by atoms with Gasteiger partial charge in [0.25, 0.3) is 0 Å². The van der Waals surface area contributed by atoms with Crippen molar-refractivity contribution < 1.29 is 19.1 Å². The molecule has 1 aliphatic heterocycles. The van der Waals surface area contributed by atoms with E-state index in [1.165, 1.54) is 7.11 Å². The van der Waals surface area contributed by atoms with Crippen molar-refractivity contribution in [3.63, 3.8) is 0 Å². The lowest BCUT2D eigenvalue weighted by molar-refractivity contribution is -0.141. The van der Waals surface area contributed by atoms with Gasteiger partial charge in [-0.2, -0.15) is 0 Å². The van der Waals surface area contributed by atoms with Gasteiger partial charge in [0.15, 0.2) is 0 Å². The summed E-state index contributed by atoms with van der Waals surface area (Å²) in [6, 6.07) is -0.216. The Kier molecular flexibility index (Phi) is 5.93. The number of hydrogen-bond acceptors (Lipinski definition) is 5. The zero-order chi connectivity index (χ0) is 12.7. The van der Waals surface area contributed by atoms with Crippen molar-refractivity contribution in [1.29, 1.82) is 0 Å². The van der Waals surface area contributed by atoms with E-state index < -0.39 is 0 Å². The van der Waals surface area contributed by atoms with E-state index in [0.29, 0.717) is 19.6 Å². The van der Waals surface area contributed by atoms with Crippen LogP contribution in [0.25, 0.3) is 0 Å². The third-order valence-electron chi connectivity index (χ3n) is 2.53. The van der Waals surface area contributed by atoms with E-state index in [-0.39, 0.29) is 30.4 Å². The highest BCUT2D eigenvalue weighted by Crippen LogP contribution is 2.02. The van der Waals surface area contributed by atoms with E-state index >= 15 is 0 Å². The van der Waals surface area contributed by atoms with E-state index in [2.05, 4.69) is 15.4 Å². The molecule has 2 N–H and O–H groups in total. The number of hydrogen-bond donors (Lipinski definition) is 2. The van der Waals surface area contributed by atoms with Crippen molar-refractivity contribution in [2.45, 2.75) is 31.9 Å². The maximum atomic E-state index is 11.6. The summed E-state index contributed by atoms with van der Waals surface area (Å²) >= 11 is 0. The molecule has 1 fully saturated rings. The molecular weight excluding hydrogens is 224 g/mol. The van der Waals surface area contributed by atoms with Gasteiger partial charge in [-0.15, -0.1) is 0 Å². The van der Waals surface area contributed by atoms with Gasteiger partial charge in [0.05, 0.1) is 32.7 Å². The Morgan fingerprint density at radius 2 is 2.35 bits per heavy atom. The number of esters is 1. The molecule has 6 heteroatoms. The monoisotopic (exact) mass is 244 g/mol. The third-order valence-corrected chi connectivity index (χ3v) is 2.53. The Morgan fingerprint density at radius 1 is 1.59 bits per heavy atom. The van der Waals surface area contributed by atoms with Crippen LogP contribution in [0.5, 0.6) is 0 Å². The number of carbonyl (C=O) groups is 2. The van der Waals surface area contributed by atoms with Crippen LogP contribution in [0, 0.1) is 0 Å². The topological polar surface area (TPSA) is 76.7 Å². The molecule has 17 heavy (non-hydrogen) atoms. The molecule has 0 aromatic rings. The normalized spacial score (nSPS) is 21.6. The molecule has 0 saturated carbocycles.